The number of carbonyl (C=O) groups is 1. The van der Waals surface area contributed by atoms with Crippen LogP contribution < -0.4 is 0 Å². The van der Waals surface area contributed by atoms with Crippen LogP contribution in [0.1, 0.15) is 18.2 Å². The first-order valence-corrected chi connectivity index (χ1v) is 7.00. The first kappa shape index (κ1) is 14.6. The van der Waals surface area contributed by atoms with E-state index in [-0.39, 0.29) is 5.91 Å². The van der Waals surface area contributed by atoms with Crippen LogP contribution in [0.5, 0.6) is 0 Å². The molecule has 1 aromatic rings. The molecule has 2 rings (SSSR count). The van der Waals surface area contributed by atoms with Gasteiger partial charge in [0.05, 0.1) is 13.1 Å². The Kier molecular flexibility index (Phi) is 4.79. The van der Waals surface area contributed by atoms with Crippen molar-refractivity contribution >= 4 is 11.6 Å². The van der Waals surface area contributed by atoms with Crippen LogP contribution in [-0.2, 0) is 11.2 Å². The molecule has 0 bridgehead atoms. The van der Waals surface area contributed by atoms with Crippen LogP contribution in [0, 0.1) is 6.92 Å². The van der Waals surface area contributed by atoms with E-state index in [4.69, 9.17) is 0 Å². The van der Waals surface area contributed by atoms with E-state index >= 15 is 0 Å². The number of hydrogen-bond donors (Lipinski definition) is 0. The molecule has 4 heteroatoms. The maximum absolute atomic E-state index is 11.7. The second-order valence-corrected chi connectivity index (χ2v) is 5.28. The summed E-state index contributed by atoms with van der Waals surface area (Å²) >= 11 is 0. The van der Waals surface area contributed by atoms with Gasteiger partial charge in [-0.25, -0.2) is 4.79 Å². The molecule has 4 nitrogen and oxygen atoms in total. The maximum Gasteiger partial charge on any atom is 0.411 e. The Balaban J connectivity index is 1.90. The fourth-order valence-corrected chi connectivity index (χ4v) is 2.44. The molecule has 1 amide bonds. The monoisotopic (exact) mass is 272 g/mol. The second kappa shape index (κ2) is 6.57. The third-order valence-corrected chi connectivity index (χ3v) is 3.65. The van der Waals surface area contributed by atoms with Crippen LogP contribution in [0.15, 0.2) is 31.0 Å². The van der Waals surface area contributed by atoms with Gasteiger partial charge in [-0.2, -0.15) is 4.58 Å². The van der Waals surface area contributed by atoms with Crippen molar-refractivity contribution in [3.8, 4) is 0 Å². The maximum atomic E-state index is 11.7. The summed E-state index contributed by atoms with van der Waals surface area (Å²) in [5, 5.41) is 0. The zero-order chi connectivity index (χ0) is 14.5. The lowest BCUT2D eigenvalue weighted by atomic mass is 10.2. The van der Waals surface area contributed by atoms with Gasteiger partial charge in [0.25, 0.3) is 0 Å². The lowest BCUT2D eigenvalue weighted by Gasteiger charge is -2.24. The topological polar surface area (TPSA) is 36.2 Å². The Morgan fingerprint density at radius 3 is 2.90 bits per heavy atom. The number of nitrogens with zero attached hydrogens (tertiary/aromatic N) is 3. The van der Waals surface area contributed by atoms with Crippen molar-refractivity contribution in [2.45, 2.75) is 20.3 Å². The van der Waals surface area contributed by atoms with Gasteiger partial charge in [-0.05, 0) is 18.6 Å². The van der Waals surface area contributed by atoms with Crippen LogP contribution in [0.2, 0.25) is 0 Å². The van der Waals surface area contributed by atoms with Crippen LogP contribution in [0.25, 0.3) is 0 Å². The van der Waals surface area contributed by atoms with E-state index < -0.39 is 0 Å². The quantitative estimate of drug-likeness (QED) is 0.614. The van der Waals surface area contributed by atoms with Crippen LogP contribution in [-0.4, -0.2) is 52.3 Å². The molecule has 1 aliphatic rings. The second-order valence-electron chi connectivity index (χ2n) is 5.28. The number of hydrogen-bond acceptors (Lipinski definition) is 3. The predicted octanol–water partition coefficient (Wildman–Crippen LogP) is 1.43. The third-order valence-electron chi connectivity index (χ3n) is 3.65. The van der Waals surface area contributed by atoms with Crippen molar-refractivity contribution in [3.63, 3.8) is 0 Å². The minimum atomic E-state index is 0.00218. The molecule has 0 fully saturated rings. The number of amides is 1. The highest BCUT2D eigenvalue weighted by Gasteiger charge is 2.25. The molecule has 0 unspecified atom stereocenters. The molecule has 20 heavy (non-hydrogen) atoms. The minimum absolute atomic E-state index is 0.00218. The number of aryl methyl sites for hydroxylation is 1. The molecule has 106 valence electrons. The van der Waals surface area contributed by atoms with Crippen molar-refractivity contribution in [1.82, 2.24) is 9.88 Å². The standard InChI is InChI=1S/C16H22N3O/c1-4-16(20)19-10-9-18(12-14(19)3)8-7-15-6-5-13(2)11-17-15/h4-6,11H,1,7-10,12H2,2-3H3/q+1. The average molecular weight is 272 g/mol. The van der Waals surface area contributed by atoms with Crippen LogP contribution in [0.3, 0.4) is 0 Å². The molecule has 0 radical (unpaired) electrons. The number of carbonyl (C=O) groups excluding carboxylic acids is 1. The lowest BCUT2D eigenvalue weighted by molar-refractivity contribution is -0.451. The summed E-state index contributed by atoms with van der Waals surface area (Å²) in [7, 11) is 0. The van der Waals surface area contributed by atoms with Gasteiger partial charge in [-0.15, -0.1) is 0 Å². The highest BCUT2D eigenvalue weighted by atomic mass is 16.2. The van der Waals surface area contributed by atoms with E-state index in [0.717, 1.165) is 44.0 Å². The average Bonchev–Trinajstić information content (AvgIpc) is 2.46. The summed E-state index contributed by atoms with van der Waals surface area (Å²) in [6.07, 6.45) is 4.24. The van der Waals surface area contributed by atoms with Gasteiger partial charge < -0.3 is 0 Å². The molecule has 0 atom stereocenters. The van der Waals surface area contributed by atoms with E-state index in [2.05, 4.69) is 28.6 Å². The fraction of sp³-hybridized carbons (Fsp3) is 0.438. The molecule has 0 aromatic carbocycles. The number of pyridine rings is 1. The van der Waals surface area contributed by atoms with Crippen molar-refractivity contribution in [2.75, 3.05) is 26.2 Å². The molecule has 2 heterocycles. The zero-order valence-corrected chi connectivity index (χ0v) is 12.3. The summed E-state index contributed by atoms with van der Waals surface area (Å²) in [5.41, 5.74) is 3.41. The molecule has 0 N–H and O–H groups in total. The van der Waals surface area contributed by atoms with Gasteiger partial charge in [0, 0.05) is 37.9 Å². The Morgan fingerprint density at radius 2 is 2.30 bits per heavy atom. The summed E-state index contributed by atoms with van der Waals surface area (Å²) < 4.78 is 1.81. The predicted molar refractivity (Wildman–Crippen MR) is 80.1 cm³/mol. The Morgan fingerprint density at radius 1 is 1.50 bits per heavy atom. The summed E-state index contributed by atoms with van der Waals surface area (Å²) in [4.78, 5) is 18.4. The Labute approximate surface area is 120 Å². The fourth-order valence-electron chi connectivity index (χ4n) is 2.44. The normalized spacial score (nSPS) is 16.3. The van der Waals surface area contributed by atoms with Crippen molar-refractivity contribution < 1.29 is 9.37 Å². The van der Waals surface area contributed by atoms with Gasteiger partial charge in [0.2, 0.25) is 0 Å². The van der Waals surface area contributed by atoms with Gasteiger partial charge in [0.15, 0.2) is 12.3 Å². The molecule has 1 aliphatic heterocycles. The highest BCUT2D eigenvalue weighted by Crippen LogP contribution is 2.04. The Bertz CT molecular complexity index is 531. The lowest BCUT2D eigenvalue weighted by Crippen LogP contribution is -2.46. The van der Waals surface area contributed by atoms with Gasteiger partial charge in [-0.1, -0.05) is 12.6 Å². The molecular weight excluding hydrogens is 250 g/mol. The van der Waals surface area contributed by atoms with Crippen LogP contribution >= 0.6 is 0 Å². The van der Waals surface area contributed by atoms with Gasteiger partial charge in [-0.3, -0.25) is 9.88 Å². The van der Waals surface area contributed by atoms with Crippen molar-refractivity contribution in [1.29, 1.82) is 0 Å². The van der Waals surface area contributed by atoms with Gasteiger partial charge >= 0.3 is 5.91 Å². The van der Waals surface area contributed by atoms with Gasteiger partial charge in [0.1, 0.15) is 0 Å². The Hall–Kier alpha value is -1.81. The van der Waals surface area contributed by atoms with E-state index in [1.165, 1.54) is 11.6 Å². The zero-order valence-electron chi connectivity index (χ0n) is 12.3. The summed E-state index contributed by atoms with van der Waals surface area (Å²) in [6.45, 7) is 11.1. The van der Waals surface area contributed by atoms with Crippen LogP contribution in [0.4, 0.5) is 0 Å². The first-order valence-electron chi connectivity index (χ1n) is 7.00. The van der Waals surface area contributed by atoms with Crippen molar-refractivity contribution in [3.05, 3.63) is 42.2 Å². The first-order chi connectivity index (χ1) is 9.60. The molecule has 1 aromatic heterocycles. The summed E-state index contributed by atoms with van der Waals surface area (Å²) in [6, 6.07) is 4.18. The molecular formula is C16H22N3O+. The molecule has 0 saturated carbocycles. The van der Waals surface area contributed by atoms with E-state index in [0.29, 0.717) is 0 Å². The smallest absolute Gasteiger partial charge is 0.287 e. The summed E-state index contributed by atoms with van der Waals surface area (Å²) in [5.74, 6) is 0.00218. The minimum Gasteiger partial charge on any atom is -0.287 e. The molecule has 0 spiro atoms. The molecule has 0 aliphatic carbocycles. The van der Waals surface area contributed by atoms with Crippen molar-refractivity contribution in [2.24, 2.45) is 0 Å². The van der Waals surface area contributed by atoms with E-state index in [1.54, 1.807) is 0 Å². The SMILES string of the molecule is C=CC(=O)[N+]1=C(C)CN(CCc2ccc(C)cn2)CC1. The van der Waals surface area contributed by atoms with E-state index in [1.807, 2.05) is 24.6 Å². The number of aromatic nitrogens is 1. The highest BCUT2D eigenvalue weighted by molar-refractivity contribution is 5.89. The largest absolute Gasteiger partial charge is 0.411 e. The third kappa shape index (κ3) is 3.61. The molecule has 0 saturated heterocycles. The van der Waals surface area contributed by atoms with E-state index in [9.17, 15) is 4.79 Å². The number of rotatable bonds is 4.